The van der Waals surface area contributed by atoms with Crippen molar-refractivity contribution in [2.75, 3.05) is 0 Å². The van der Waals surface area contributed by atoms with Crippen LogP contribution in [0.25, 0.3) is 0 Å². The highest BCUT2D eigenvalue weighted by Gasteiger charge is 2.43. The number of rotatable bonds is 2. The molecule has 0 unspecified atom stereocenters. The predicted octanol–water partition coefficient (Wildman–Crippen LogP) is 2.68. The van der Waals surface area contributed by atoms with Crippen LogP contribution in [-0.4, -0.2) is 11.2 Å². The summed E-state index contributed by atoms with van der Waals surface area (Å²) >= 11 is 0. The molecule has 3 N–H and O–H groups in total. The molecular weight excluding hydrogens is 258 g/mol. The Hall–Kier alpha value is -1.64. The van der Waals surface area contributed by atoms with Gasteiger partial charge in [-0.3, -0.25) is 0 Å². The first-order valence-electron chi connectivity index (χ1n) is 7.81. The van der Waals surface area contributed by atoms with Crippen LogP contribution < -0.4 is 5.32 Å². The van der Waals surface area contributed by atoms with E-state index in [0.29, 0.717) is 12.1 Å². The molecule has 2 aromatic carbocycles. The van der Waals surface area contributed by atoms with Gasteiger partial charge in [-0.25, -0.2) is 0 Å². The zero-order valence-corrected chi connectivity index (χ0v) is 12.7. The topological polar surface area (TPSA) is 36.8 Å². The van der Waals surface area contributed by atoms with Gasteiger partial charge in [0.2, 0.25) is 0 Å². The molecule has 0 aliphatic carbocycles. The Kier molecular flexibility index (Phi) is 4.09. The maximum Gasteiger partial charge on any atom is 0.117 e. The second-order valence-corrected chi connectivity index (χ2v) is 6.27. The number of benzene rings is 2. The highest BCUT2D eigenvalue weighted by atomic mass is 16.3. The van der Waals surface area contributed by atoms with Crippen molar-refractivity contribution in [1.82, 2.24) is 0 Å². The molecule has 21 heavy (non-hydrogen) atoms. The Balaban J connectivity index is 1.93. The van der Waals surface area contributed by atoms with Crippen LogP contribution >= 0.6 is 0 Å². The van der Waals surface area contributed by atoms with Crippen LogP contribution in [0, 0.1) is 11.8 Å². The van der Waals surface area contributed by atoms with Crippen molar-refractivity contribution >= 4 is 0 Å². The van der Waals surface area contributed by atoms with Crippen LogP contribution in [-0.2, 0) is 0 Å². The number of piperidine rings is 1. The van der Waals surface area contributed by atoms with Gasteiger partial charge in [0.1, 0.15) is 12.1 Å². The number of hydrogen-bond acceptors (Lipinski definition) is 1. The molecule has 2 nitrogen and oxygen atoms in total. The van der Waals surface area contributed by atoms with Gasteiger partial charge in [-0.05, 0) is 0 Å². The molecule has 2 aromatic rings. The third-order valence-corrected chi connectivity index (χ3v) is 4.99. The minimum Gasteiger partial charge on any atom is -0.392 e. The average molecular weight is 282 g/mol. The van der Waals surface area contributed by atoms with Crippen LogP contribution in [0.15, 0.2) is 60.7 Å². The van der Waals surface area contributed by atoms with E-state index in [0.717, 1.165) is 0 Å². The van der Waals surface area contributed by atoms with Crippen molar-refractivity contribution in [2.45, 2.75) is 32.0 Å². The summed E-state index contributed by atoms with van der Waals surface area (Å²) in [5, 5.41) is 13.1. The number of quaternary nitrogens is 1. The van der Waals surface area contributed by atoms with Crippen LogP contribution in [0.5, 0.6) is 0 Å². The number of nitrogens with two attached hydrogens (primary N) is 1. The van der Waals surface area contributed by atoms with Crippen molar-refractivity contribution in [3.63, 3.8) is 0 Å². The van der Waals surface area contributed by atoms with E-state index < -0.39 is 0 Å². The lowest BCUT2D eigenvalue weighted by Crippen LogP contribution is -2.92. The zero-order valence-electron chi connectivity index (χ0n) is 12.7. The highest BCUT2D eigenvalue weighted by molar-refractivity contribution is 5.22. The molecule has 0 amide bonds. The lowest BCUT2D eigenvalue weighted by atomic mass is 9.75. The van der Waals surface area contributed by atoms with Crippen molar-refractivity contribution in [3.05, 3.63) is 71.8 Å². The van der Waals surface area contributed by atoms with Crippen molar-refractivity contribution < 1.29 is 10.4 Å². The molecule has 1 aliphatic rings. The Morgan fingerprint density at radius 1 is 0.714 bits per heavy atom. The molecule has 110 valence electrons. The summed E-state index contributed by atoms with van der Waals surface area (Å²) < 4.78 is 0. The van der Waals surface area contributed by atoms with Gasteiger partial charge in [-0.2, -0.15) is 0 Å². The maximum atomic E-state index is 10.7. The van der Waals surface area contributed by atoms with Gasteiger partial charge >= 0.3 is 0 Å². The number of hydrogen-bond donors (Lipinski definition) is 2. The van der Waals surface area contributed by atoms with Gasteiger partial charge in [-0.15, -0.1) is 0 Å². The summed E-state index contributed by atoms with van der Waals surface area (Å²) in [6, 6.07) is 21.7. The lowest BCUT2D eigenvalue weighted by molar-refractivity contribution is -0.760. The van der Waals surface area contributed by atoms with Gasteiger partial charge in [0.25, 0.3) is 0 Å². The van der Waals surface area contributed by atoms with Gasteiger partial charge < -0.3 is 10.4 Å². The van der Waals surface area contributed by atoms with Crippen molar-refractivity contribution in [3.8, 4) is 0 Å². The standard InChI is InChI=1S/C19H23NO/c1-13-17(15-9-5-3-6-10-15)20-18(14(2)19(13)21)16-11-7-4-8-12-16/h3-14,17-21H,1-2H3/p+1/t13-,14-,17-,18-/m0/s1. The third kappa shape index (κ3) is 2.74. The minimum absolute atomic E-state index is 0.252. The molecule has 0 bridgehead atoms. The van der Waals surface area contributed by atoms with Gasteiger partial charge in [0.15, 0.2) is 0 Å². The Bertz CT molecular complexity index is 517. The molecule has 1 saturated heterocycles. The molecule has 3 rings (SSSR count). The van der Waals surface area contributed by atoms with E-state index in [9.17, 15) is 5.11 Å². The van der Waals surface area contributed by atoms with E-state index in [-0.39, 0.29) is 17.9 Å². The van der Waals surface area contributed by atoms with Crippen LogP contribution in [0.2, 0.25) is 0 Å². The Morgan fingerprint density at radius 3 is 1.48 bits per heavy atom. The fourth-order valence-corrected chi connectivity index (χ4v) is 3.66. The quantitative estimate of drug-likeness (QED) is 0.873. The molecule has 1 aliphatic heterocycles. The summed E-state index contributed by atoms with van der Waals surface area (Å²) in [7, 11) is 0. The second kappa shape index (κ2) is 6.00. The highest BCUT2D eigenvalue weighted by Crippen LogP contribution is 2.35. The first kappa shape index (κ1) is 14.3. The molecule has 0 radical (unpaired) electrons. The Morgan fingerprint density at radius 2 is 1.10 bits per heavy atom. The summed E-state index contributed by atoms with van der Waals surface area (Å²) in [4.78, 5) is 0. The summed E-state index contributed by atoms with van der Waals surface area (Å²) in [5.74, 6) is 0.504. The first-order chi connectivity index (χ1) is 10.2. The van der Waals surface area contributed by atoms with E-state index >= 15 is 0 Å². The van der Waals surface area contributed by atoms with Gasteiger partial charge in [0.05, 0.1) is 6.10 Å². The van der Waals surface area contributed by atoms with Crippen LogP contribution in [0.1, 0.15) is 37.1 Å². The summed E-state index contributed by atoms with van der Waals surface area (Å²) in [5.41, 5.74) is 2.61. The van der Waals surface area contributed by atoms with Crippen molar-refractivity contribution in [1.29, 1.82) is 0 Å². The largest absolute Gasteiger partial charge is 0.392 e. The number of aliphatic hydroxyl groups excluding tert-OH is 1. The normalized spacial score (nSPS) is 32.8. The van der Waals surface area contributed by atoms with E-state index in [4.69, 9.17) is 0 Å². The van der Waals surface area contributed by atoms with Crippen LogP contribution in [0.3, 0.4) is 0 Å². The smallest absolute Gasteiger partial charge is 0.117 e. The average Bonchev–Trinajstić information content (AvgIpc) is 2.55. The van der Waals surface area contributed by atoms with Gasteiger partial charge in [-0.1, -0.05) is 74.5 Å². The molecule has 0 saturated carbocycles. The Labute approximate surface area is 126 Å². The molecule has 1 fully saturated rings. The predicted molar refractivity (Wildman–Crippen MR) is 84.6 cm³/mol. The molecule has 0 spiro atoms. The van der Waals surface area contributed by atoms with Crippen molar-refractivity contribution in [2.24, 2.45) is 11.8 Å². The van der Waals surface area contributed by atoms with E-state index in [2.05, 4.69) is 67.7 Å². The van der Waals surface area contributed by atoms with Crippen LogP contribution in [0.4, 0.5) is 0 Å². The molecular formula is C19H24NO+. The lowest BCUT2D eigenvalue weighted by Gasteiger charge is -2.41. The van der Waals surface area contributed by atoms with E-state index in [1.54, 1.807) is 0 Å². The van der Waals surface area contributed by atoms with E-state index in [1.165, 1.54) is 11.1 Å². The SMILES string of the molecule is C[C@@H]1C(O)[C@@H](C)[C@@H](c2ccccc2)[NH2+][C@@H]1c1ccccc1. The molecule has 0 aromatic heterocycles. The monoisotopic (exact) mass is 282 g/mol. The molecule has 1 heterocycles. The zero-order chi connectivity index (χ0) is 14.8. The third-order valence-electron chi connectivity index (χ3n) is 4.99. The second-order valence-electron chi connectivity index (χ2n) is 6.27. The molecule has 2 heteroatoms. The summed E-state index contributed by atoms with van der Waals surface area (Å²) in [6.07, 6.45) is -0.273. The fourth-order valence-electron chi connectivity index (χ4n) is 3.66. The minimum atomic E-state index is -0.273. The summed E-state index contributed by atoms with van der Waals surface area (Å²) in [6.45, 7) is 4.33. The fraction of sp³-hybridized carbons (Fsp3) is 0.368. The molecule has 4 atom stereocenters. The first-order valence-corrected chi connectivity index (χ1v) is 7.81. The van der Waals surface area contributed by atoms with Gasteiger partial charge in [0, 0.05) is 23.0 Å². The van der Waals surface area contributed by atoms with E-state index in [1.807, 2.05) is 12.1 Å². The maximum absolute atomic E-state index is 10.7. The number of aliphatic hydroxyl groups is 1.